The number of benzene rings is 8. The summed E-state index contributed by atoms with van der Waals surface area (Å²) < 4.78 is 6.83. The van der Waals surface area contributed by atoms with Crippen LogP contribution in [0.15, 0.2) is 176 Å². The molecule has 0 saturated heterocycles. The molecule has 0 spiro atoms. The van der Waals surface area contributed by atoms with Crippen LogP contribution < -0.4 is 0 Å². The highest BCUT2D eigenvalue weighted by molar-refractivity contribution is 6.13. The van der Waals surface area contributed by atoms with Crippen LogP contribution >= 0.6 is 0 Å². The van der Waals surface area contributed by atoms with E-state index >= 15 is 0 Å². The predicted molar refractivity (Wildman–Crippen MR) is 224 cm³/mol. The van der Waals surface area contributed by atoms with Crippen LogP contribution in [-0.2, 0) is 0 Å². The van der Waals surface area contributed by atoms with Gasteiger partial charge in [-0.05, 0) is 78.4 Å². The molecule has 254 valence electrons. The Balaban J connectivity index is 1.12. The molecule has 5 nitrogen and oxygen atoms in total. The number of hydrogen-bond acceptors (Lipinski definition) is 2. The number of rotatable bonds is 4. The van der Waals surface area contributed by atoms with Crippen molar-refractivity contribution < 1.29 is 0 Å². The van der Waals surface area contributed by atoms with Gasteiger partial charge in [0.1, 0.15) is 6.07 Å². The standard InChI is InChI=1S/C50H29N5/c51-30-33-11-10-22-48(49(33)32-23-25-35(26-24-32)54-45-20-7-3-15-39(45)41-17-9-12-34(31-52)50(41)54)55-46-21-8-4-16-40(46)42-29-36(27-28-47(42)55)53-43-18-5-1-13-37(43)38-14-2-6-19-44(38)53/h1-29H. The minimum atomic E-state index is 0.599. The quantitative estimate of drug-likeness (QED) is 0.184. The van der Waals surface area contributed by atoms with Gasteiger partial charge >= 0.3 is 0 Å². The third-order valence-electron chi connectivity index (χ3n) is 11.1. The van der Waals surface area contributed by atoms with E-state index < -0.39 is 0 Å². The van der Waals surface area contributed by atoms with Gasteiger partial charge in [0.25, 0.3) is 0 Å². The monoisotopic (exact) mass is 699 g/mol. The van der Waals surface area contributed by atoms with Crippen LogP contribution in [0.25, 0.3) is 93.6 Å². The topological polar surface area (TPSA) is 62.4 Å². The van der Waals surface area contributed by atoms with Crippen molar-refractivity contribution in [2.75, 3.05) is 0 Å². The van der Waals surface area contributed by atoms with Crippen molar-refractivity contribution in [3.8, 4) is 40.3 Å². The molecule has 0 aliphatic carbocycles. The second kappa shape index (κ2) is 11.8. The van der Waals surface area contributed by atoms with Crippen LogP contribution in [0.2, 0.25) is 0 Å². The van der Waals surface area contributed by atoms with Crippen molar-refractivity contribution in [3.05, 3.63) is 187 Å². The summed E-state index contributed by atoms with van der Waals surface area (Å²) >= 11 is 0. The number of hydrogen-bond donors (Lipinski definition) is 0. The lowest BCUT2D eigenvalue weighted by molar-refractivity contribution is 1.16. The van der Waals surface area contributed by atoms with Gasteiger partial charge in [-0.15, -0.1) is 0 Å². The molecular formula is C50H29N5. The molecule has 0 amide bonds. The molecule has 0 saturated carbocycles. The highest BCUT2D eigenvalue weighted by Crippen LogP contribution is 2.41. The third-order valence-corrected chi connectivity index (χ3v) is 11.1. The Hall–Kier alpha value is -7.86. The van der Waals surface area contributed by atoms with Gasteiger partial charge in [-0.25, -0.2) is 0 Å². The molecule has 11 rings (SSSR count). The van der Waals surface area contributed by atoms with Crippen LogP contribution in [0.3, 0.4) is 0 Å². The SMILES string of the molecule is N#Cc1cccc(-n2c3ccccc3c3cc(-n4c5ccccc5c5ccccc54)ccc32)c1-c1ccc(-n2c3ccccc3c3cccc(C#N)c32)cc1. The summed E-state index contributed by atoms with van der Waals surface area (Å²) in [5, 5.41) is 27.5. The molecule has 11 aromatic rings. The Bertz CT molecular complexity index is 3400. The maximum absolute atomic E-state index is 10.5. The average molecular weight is 700 g/mol. The summed E-state index contributed by atoms with van der Waals surface area (Å²) in [6.45, 7) is 0. The summed E-state index contributed by atoms with van der Waals surface area (Å²) in [6, 6.07) is 65.9. The minimum absolute atomic E-state index is 0.599. The highest BCUT2D eigenvalue weighted by Gasteiger charge is 2.21. The zero-order valence-corrected chi connectivity index (χ0v) is 29.5. The molecule has 0 N–H and O–H groups in total. The summed E-state index contributed by atoms with van der Waals surface area (Å²) in [6.07, 6.45) is 0. The number of para-hydroxylation sites is 5. The lowest BCUT2D eigenvalue weighted by atomic mass is 9.97. The van der Waals surface area contributed by atoms with Crippen molar-refractivity contribution in [2.45, 2.75) is 0 Å². The number of fused-ring (bicyclic) bond motifs is 9. The van der Waals surface area contributed by atoms with Gasteiger partial charge in [0.05, 0.1) is 56.0 Å². The first kappa shape index (κ1) is 30.7. The Morgan fingerprint density at radius 2 is 0.818 bits per heavy atom. The first-order valence-electron chi connectivity index (χ1n) is 18.3. The second-order valence-electron chi connectivity index (χ2n) is 13.9. The lowest BCUT2D eigenvalue weighted by Crippen LogP contribution is -2.00. The molecule has 0 aliphatic rings. The Morgan fingerprint density at radius 1 is 0.345 bits per heavy atom. The lowest BCUT2D eigenvalue weighted by Gasteiger charge is -2.16. The van der Waals surface area contributed by atoms with E-state index in [0.717, 1.165) is 71.8 Å². The Morgan fingerprint density at radius 3 is 1.45 bits per heavy atom. The molecule has 3 heterocycles. The zero-order valence-electron chi connectivity index (χ0n) is 29.5. The summed E-state index contributed by atoms with van der Waals surface area (Å²) in [7, 11) is 0. The van der Waals surface area contributed by atoms with Crippen molar-refractivity contribution in [1.82, 2.24) is 13.7 Å². The van der Waals surface area contributed by atoms with Crippen molar-refractivity contribution >= 4 is 65.4 Å². The van der Waals surface area contributed by atoms with Gasteiger partial charge in [-0.2, -0.15) is 10.5 Å². The van der Waals surface area contributed by atoms with Gasteiger partial charge in [0, 0.05) is 49.3 Å². The largest absolute Gasteiger partial charge is 0.309 e. The van der Waals surface area contributed by atoms with Gasteiger partial charge in [-0.1, -0.05) is 103 Å². The smallest absolute Gasteiger partial charge is 0.101 e. The highest BCUT2D eigenvalue weighted by atomic mass is 15.0. The van der Waals surface area contributed by atoms with E-state index in [2.05, 4.69) is 165 Å². The van der Waals surface area contributed by atoms with E-state index in [0.29, 0.717) is 11.1 Å². The fourth-order valence-electron chi connectivity index (χ4n) is 8.84. The van der Waals surface area contributed by atoms with Gasteiger partial charge in [-0.3, -0.25) is 0 Å². The van der Waals surface area contributed by atoms with Gasteiger partial charge in [0.2, 0.25) is 0 Å². The van der Waals surface area contributed by atoms with E-state index in [1.54, 1.807) is 0 Å². The van der Waals surface area contributed by atoms with Crippen LogP contribution in [0, 0.1) is 22.7 Å². The van der Waals surface area contributed by atoms with Crippen LogP contribution in [-0.4, -0.2) is 13.7 Å². The number of aromatic nitrogens is 3. The van der Waals surface area contributed by atoms with Crippen LogP contribution in [0.5, 0.6) is 0 Å². The summed E-state index contributed by atoms with van der Waals surface area (Å²) in [5.74, 6) is 0. The average Bonchev–Trinajstić information content (AvgIpc) is 3.89. The minimum Gasteiger partial charge on any atom is -0.309 e. The van der Waals surface area contributed by atoms with Crippen LogP contribution in [0.4, 0.5) is 0 Å². The Labute approximate surface area is 316 Å². The molecule has 0 fully saturated rings. The Kier molecular flexibility index (Phi) is 6.61. The number of nitriles is 2. The molecular weight excluding hydrogens is 671 g/mol. The fraction of sp³-hybridized carbons (Fsp3) is 0. The summed E-state index contributed by atoms with van der Waals surface area (Å²) in [4.78, 5) is 0. The van der Waals surface area contributed by atoms with Crippen molar-refractivity contribution in [3.63, 3.8) is 0 Å². The van der Waals surface area contributed by atoms with E-state index in [-0.39, 0.29) is 0 Å². The third kappa shape index (κ3) is 4.39. The predicted octanol–water partition coefficient (Wildman–Crippen LogP) is 12.4. The fourth-order valence-corrected chi connectivity index (χ4v) is 8.84. The molecule has 0 bridgehead atoms. The molecule has 0 atom stereocenters. The molecule has 5 heteroatoms. The van der Waals surface area contributed by atoms with Crippen LogP contribution in [0.1, 0.15) is 11.1 Å². The molecule has 0 radical (unpaired) electrons. The van der Waals surface area contributed by atoms with E-state index in [9.17, 15) is 10.5 Å². The van der Waals surface area contributed by atoms with Crippen molar-refractivity contribution in [2.24, 2.45) is 0 Å². The number of nitrogens with zero attached hydrogens (tertiary/aromatic N) is 5. The molecule has 55 heavy (non-hydrogen) atoms. The maximum Gasteiger partial charge on any atom is 0.101 e. The van der Waals surface area contributed by atoms with E-state index in [1.807, 2.05) is 36.4 Å². The van der Waals surface area contributed by atoms with E-state index in [1.165, 1.54) is 21.8 Å². The second-order valence-corrected chi connectivity index (χ2v) is 13.9. The van der Waals surface area contributed by atoms with Gasteiger partial charge < -0.3 is 13.7 Å². The molecule has 0 unspecified atom stereocenters. The zero-order chi connectivity index (χ0) is 36.6. The maximum atomic E-state index is 10.5. The molecule has 0 aliphatic heterocycles. The molecule has 3 aromatic heterocycles. The first-order valence-corrected chi connectivity index (χ1v) is 18.3. The first-order chi connectivity index (χ1) is 27.2. The van der Waals surface area contributed by atoms with E-state index in [4.69, 9.17) is 0 Å². The molecule has 8 aromatic carbocycles. The van der Waals surface area contributed by atoms with Gasteiger partial charge in [0.15, 0.2) is 0 Å². The summed E-state index contributed by atoms with van der Waals surface area (Å²) in [5.41, 5.74) is 12.4. The normalized spacial score (nSPS) is 11.6. The van der Waals surface area contributed by atoms with Crippen molar-refractivity contribution in [1.29, 1.82) is 10.5 Å².